The van der Waals surface area contributed by atoms with Gasteiger partial charge in [0.1, 0.15) is 36.6 Å². The van der Waals surface area contributed by atoms with Crippen LogP contribution in [0.15, 0.2) is 24.3 Å². The molecule has 0 aromatic carbocycles. The van der Waals surface area contributed by atoms with Gasteiger partial charge < -0.3 is 46.0 Å². The molecule has 1 rings (SSSR count). The van der Waals surface area contributed by atoms with E-state index in [1.165, 1.54) is 109 Å². The third-order valence-corrected chi connectivity index (χ3v) is 12.0. The number of amides is 1. The quantitative estimate of drug-likeness (QED) is 0.0172. The number of phosphoric acid groups is 1. The Morgan fingerprint density at radius 3 is 1.47 bits per heavy atom. The van der Waals surface area contributed by atoms with Crippen molar-refractivity contribution in [2.75, 3.05) is 6.61 Å². The fourth-order valence-electron chi connectivity index (χ4n) is 7.23. The lowest BCUT2D eigenvalue weighted by Gasteiger charge is -2.41. The van der Waals surface area contributed by atoms with Crippen molar-refractivity contribution in [1.29, 1.82) is 0 Å². The molecule has 0 radical (unpaired) electrons. The standard InChI is InChI=1S/C44H84NO12P/c1-3-5-7-9-11-13-15-17-18-19-20-21-23-25-27-29-31-35(46)33-38(48)45-36(37(47)32-30-28-26-24-22-16-14-12-10-8-6-4-2)34-56-58(54,55)57-44-42(52)40(50)39(49)41(51)43(44)53/h20-21,30,32,35-37,39-44,46-47,49-53H,3-19,22-29,31,33-34H2,1-2H3,(H,45,48)(H,54,55)/b21-20-,32-30+. The van der Waals surface area contributed by atoms with Crippen molar-refractivity contribution in [2.45, 2.75) is 242 Å². The van der Waals surface area contributed by atoms with Crippen LogP contribution in [0.4, 0.5) is 0 Å². The maximum absolute atomic E-state index is 13.0. The van der Waals surface area contributed by atoms with Crippen molar-refractivity contribution >= 4 is 13.7 Å². The summed E-state index contributed by atoms with van der Waals surface area (Å²) in [7, 11) is -5.14. The van der Waals surface area contributed by atoms with Crippen molar-refractivity contribution in [3.05, 3.63) is 24.3 Å². The normalized spacial score (nSPS) is 24.0. The number of aliphatic hydroxyl groups excluding tert-OH is 7. The molecule has 1 aliphatic rings. The van der Waals surface area contributed by atoms with Gasteiger partial charge in [-0.1, -0.05) is 160 Å². The molecule has 1 saturated carbocycles. The van der Waals surface area contributed by atoms with E-state index >= 15 is 0 Å². The maximum Gasteiger partial charge on any atom is 0.472 e. The number of unbranched alkanes of at least 4 members (excludes halogenated alkanes) is 22. The third-order valence-electron chi connectivity index (χ3n) is 11.0. The van der Waals surface area contributed by atoms with Gasteiger partial charge in [-0.25, -0.2) is 4.57 Å². The molecule has 1 aliphatic carbocycles. The molecule has 342 valence electrons. The van der Waals surface area contributed by atoms with Crippen LogP contribution in [0.2, 0.25) is 0 Å². The molecular formula is C44H84NO12P. The number of allylic oxidation sites excluding steroid dienone is 3. The molecule has 0 bridgehead atoms. The number of carbonyl (C=O) groups excluding carboxylic acids is 1. The topological polar surface area (TPSA) is 226 Å². The van der Waals surface area contributed by atoms with Gasteiger partial charge in [0, 0.05) is 0 Å². The molecule has 1 fully saturated rings. The van der Waals surface area contributed by atoms with Crippen LogP contribution in [0.3, 0.4) is 0 Å². The summed E-state index contributed by atoms with van der Waals surface area (Å²) < 4.78 is 22.8. The van der Waals surface area contributed by atoms with Gasteiger partial charge in [-0.3, -0.25) is 13.8 Å². The zero-order valence-electron chi connectivity index (χ0n) is 36.0. The van der Waals surface area contributed by atoms with Gasteiger partial charge in [-0.2, -0.15) is 0 Å². The minimum atomic E-state index is -5.14. The van der Waals surface area contributed by atoms with Crippen LogP contribution in [0.1, 0.15) is 187 Å². The molecule has 0 saturated heterocycles. The number of rotatable bonds is 37. The van der Waals surface area contributed by atoms with Crippen LogP contribution >= 0.6 is 7.82 Å². The summed E-state index contributed by atoms with van der Waals surface area (Å²) in [5.74, 6) is -0.602. The number of nitrogens with one attached hydrogen (secondary N) is 1. The monoisotopic (exact) mass is 850 g/mol. The summed E-state index contributed by atoms with van der Waals surface area (Å²) in [6.07, 6.45) is 22.7. The predicted molar refractivity (Wildman–Crippen MR) is 229 cm³/mol. The number of hydrogen-bond acceptors (Lipinski definition) is 11. The first kappa shape index (κ1) is 54.8. The molecule has 13 nitrogen and oxygen atoms in total. The predicted octanol–water partition coefficient (Wildman–Crippen LogP) is 7.20. The molecule has 0 heterocycles. The minimum absolute atomic E-state index is 0.254. The van der Waals surface area contributed by atoms with Crippen molar-refractivity contribution < 1.29 is 59.0 Å². The van der Waals surface area contributed by atoms with Gasteiger partial charge >= 0.3 is 7.82 Å². The second kappa shape index (κ2) is 34.4. The van der Waals surface area contributed by atoms with Gasteiger partial charge in [0.25, 0.3) is 0 Å². The average molecular weight is 850 g/mol. The van der Waals surface area contributed by atoms with E-state index in [-0.39, 0.29) is 6.42 Å². The van der Waals surface area contributed by atoms with Gasteiger partial charge in [0.2, 0.25) is 5.91 Å². The fraction of sp³-hybridized carbons (Fsp3) is 0.886. The Morgan fingerprint density at radius 2 is 1.00 bits per heavy atom. The van der Waals surface area contributed by atoms with Crippen molar-refractivity contribution in [3.63, 3.8) is 0 Å². The summed E-state index contributed by atoms with van der Waals surface area (Å²) >= 11 is 0. The highest BCUT2D eigenvalue weighted by molar-refractivity contribution is 7.47. The molecule has 9 N–H and O–H groups in total. The summed E-state index contributed by atoms with van der Waals surface area (Å²) in [5.41, 5.74) is 0. The molecule has 8 atom stereocenters. The average Bonchev–Trinajstić information content (AvgIpc) is 3.19. The zero-order valence-corrected chi connectivity index (χ0v) is 36.9. The highest BCUT2D eigenvalue weighted by atomic mass is 31.2. The second-order valence-corrected chi connectivity index (χ2v) is 17.8. The smallest absolute Gasteiger partial charge is 0.393 e. The van der Waals surface area contributed by atoms with E-state index < -0.39 is 75.2 Å². The van der Waals surface area contributed by atoms with Crippen LogP contribution in [-0.4, -0.2) is 108 Å². The Kier molecular flexibility index (Phi) is 32.5. The number of carbonyl (C=O) groups is 1. The molecule has 0 aromatic rings. The van der Waals surface area contributed by atoms with Gasteiger partial charge in [-0.05, 0) is 44.9 Å². The van der Waals surface area contributed by atoms with Crippen molar-refractivity contribution in [3.8, 4) is 0 Å². The Bertz CT molecular complexity index is 1100. The van der Waals surface area contributed by atoms with Gasteiger partial charge in [0.15, 0.2) is 0 Å². The van der Waals surface area contributed by atoms with E-state index in [1.807, 2.05) is 0 Å². The van der Waals surface area contributed by atoms with Gasteiger partial charge in [-0.15, -0.1) is 0 Å². The van der Waals surface area contributed by atoms with E-state index in [1.54, 1.807) is 6.08 Å². The highest BCUT2D eigenvalue weighted by Gasteiger charge is 2.51. The maximum atomic E-state index is 13.0. The third kappa shape index (κ3) is 26.2. The summed E-state index contributed by atoms with van der Waals surface area (Å²) in [5, 5.41) is 74.3. The van der Waals surface area contributed by atoms with E-state index in [0.29, 0.717) is 12.8 Å². The van der Waals surface area contributed by atoms with E-state index in [0.717, 1.165) is 51.4 Å². The van der Waals surface area contributed by atoms with E-state index in [9.17, 15) is 50.0 Å². The Morgan fingerprint density at radius 1 is 0.603 bits per heavy atom. The zero-order chi connectivity index (χ0) is 43.0. The molecule has 58 heavy (non-hydrogen) atoms. The van der Waals surface area contributed by atoms with Crippen LogP contribution in [0.25, 0.3) is 0 Å². The molecule has 8 unspecified atom stereocenters. The largest absolute Gasteiger partial charge is 0.472 e. The molecule has 0 spiro atoms. The fourth-order valence-corrected chi connectivity index (χ4v) is 8.20. The van der Waals surface area contributed by atoms with Crippen molar-refractivity contribution in [2.24, 2.45) is 0 Å². The van der Waals surface area contributed by atoms with Crippen LogP contribution < -0.4 is 5.32 Å². The van der Waals surface area contributed by atoms with Crippen LogP contribution in [-0.2, 0) is 18.4 Å². The Hall–Kier alpha value is -1.22. The highest BCUT2D eigenvalue weighted by Crippen LogP contribution is 2.47. The molecule has 14 heteroatoms. The van der Waals surface area contributed by atoms with Gasteiger partial charge in [0.05, 0.1) is 31.3 Å². The minimum Gasteiger partial charge on any atom is -0.393 e. The van der Waals surface area contributed by atoms with Crippen molar-refractivity contribution in [1.82, 2.24) is 5.32 Å². The number of hydrogen-bond donors (Lipinski definition) is 9. The Labute approximate surface area is 350 Å². The summed E-state index contributed by atoms with van der Waals surface area (Å²) in [4.78, 5) is 23.4. The van der Waals surface area contributed by atoms with E-state index in [4.69, 9.17) is 9.05 Å². The lowest BCUT2D eigenvalue weighted by atomic mass is 9.85. The molecule has 0 aliphatic heterocycles. The SMILES string of the molecule is CCCCCCCCCCC/C=C\CCCCCC(O)CC(=O)NC(COP(=O)(O)OC1C(O)C(O)C(O)C(O)C1O)C(O)/C=C/CCCCCCCCCCCC. The number of phosphoric ester groups is 1. The van der Waals surface area contributed by atoms with Crippen LogP contribution in [0.5, 0.6) is 0 Å². The molecular weight excluding hydrogens is 765 g/mol. The lowest BCUT2D eigenvalue weighted by Crippen LogP contribution is -2.64. The summed E-state index contributed by atoms with van der Waals surface area (Å²) in [6.45, 7) is 3.71. The second-order valence-electron chi connectivity index (χ2n) is 16.4. The van der Waals surface area contributed by atoms with Crippen LogP contribution in [0, 0.1) is 0 Å². The first-order valence-electron chi connectivity index (χ1n) is 22.9. The lowest BCUT2D eigenvalue weighted by molar-refractivity contribution is -0.220. The molecule has 0 aromatic heterocycles. The first-order chi connectivity index (χ1) is 27.8. The number of aliphatic hydroxyl groups is 7. The first-order valence-corrected chi connectivity index (χ1v) is 24.4. The van der Waals surface area contributed by atoms with E-state index in [2.05, 4.69) is 31.3 Å². The summed E-state index contributed by atoms with van der Waals surface area (Å²) in [6, 6.07) is -1.24. The molecule has 1 amide bonds. The Balaban J connectivity index is 2.56.